The summed E-state index contributed by atoms with van der Waals surface area (Å²) in [5, 5.41) is 4.14. The molecule has 0 radical (unpaired) electrons. The average Bonchev–Trinajstić information content (AvgIpc) is 2.65. The second-order valence-corrected chi connectivity index (χ2v) is 6.18. The molecule has 0 aromatic heterocycles. The molecule has 3 rings (SSSR count). The highest BCUT2D eigenvalue weighted by atomic mass is 32.1. The first-order valence-corrected chi connectivity index (χ1v) is 8.42. The fourth-order valence-corrected chi connectivity index (χ4v) is 3.17. The monoisotopic (exact) mass is 342 g/mol. The molecule has 24 heavy (non-hydrogen) atoms. The number of hydrogen-bond acceptors (Lipinski definition) is 3. The van der Waals surface area contributed by atoms with Gasteiger partial charge in [-0.15, -0.1) is 0 Å². The van der Waals surface area contributed by atoms with Crippen molar-refractivity contribution in [2.45, 2.75) is 19.5 Å². The highest BCUT2D eigenvalue weighted by Crippen LogP contribution is 2.33. The first kappa shape index (κ1) is 16.6. The summed E-state index contributed by atoms with van der Waals surface area (Å²) >= 11 is 5.57. The van der Waals surface area contributed by atoms with E-state index in [1.165, 1.54) is 16.7 Å². The minimum Gasteiger partial charge on any atom is -0.493 e. The molecule has 0 bridgehead atoms. The number of rotatable bonds is 4. The van der Waals surface area contributed by atoms with Gasteiger partial charge in [0.05, 0.1) is 14.2 Å². The summed E-state index contributed by atoms with van der Waals surface area (Å²) in [7, 11) is 3.33. The number of methoxy groups -OCH3 is 2. The zero-order chi connectivity index (χ0) is 16.9. The molecule has 0 aliphatic carbocycles. The lowest BCUT2D eigenvalue weighted by atomic mass is 9.99. The summed E-state index contributed by atoms with van der Waals surface area (Å²) in [5.74, 6) is 1.55. The maximum atomic E-state index is 5.57. The highest BCUT2D eigenvalue weighted by molar-refractivity contribution is 7.80. The van der Waals surface area contributed by atoms with Crippen molar-refractivity contribution in [3.63, 3.8) is 0 Å². The minimum absolute atomic E-state index is 0.745. The molecule has 5 heteroatoms. The van der Waals surface area contributed by atoms with Gasteiger partial charge in [0.25, 0.3) is 0 Å². The van der Waals surface area contributed by atoms with Gasteiger partial charge in [-0.2, -0.15) is 0 Å². The third-order valence-electron chi connectivity index (χ3n) is 4.29. The van der Waals surface area contributed by atoms with Crippen molar-refractivity contribution in [3.05, 3.63) is 59.2 Å². The van der Waals surface area contributed by atoms with E-state index >= 15 is 0 Å². The number of nitrogens with zero attached hydrogens (tertiary/aromatic N) is 1. The van der Waals surface area contributed by atoms with E-state index in [0.29, 0.717) is 0 Å². The molecular formula is C19H22N2O2S. The van der Waals surface area contributed by atoms with E-state index in [2.05, 4.69) is 34.5 Å². The smallest absolute Gasteiger partial charge is 0.169 e. The fourth-order valence-electron chi connectivity index (χ4n) is 2.94. The maximum Gasteiger partial charge on any atom is 0.169 e. The summed E-state index contributed by atoms with van der Waals surface area (Å²) in [6.07, 6.45) is 0.947. The Morgan fingerprint density at radius 2 is 1.75 bits per heavy atom. The van der Waals surface area contributed by atoms with E-state index in [9.17, 15) is 0 Å². The van der Waals surface area contributed by atoms with Gasteiger partial charge in [0, 0.05) is 19.6 Å². The van der Waals surface area contributed by atoms with Crippen LogP contribution in [0.25, 0.3) is 0 Å². The van der Waals surface area contributed by atoms with Crippen molar-refractivity contribution in [2.24, 2.45) is 0 Å². The van der Waals surface area contributed by atoms with Crippen LogP contribution in [0.4, 0.5) is 0 Å². The number of benzene rings is 2. The Balaban J connectivity index is 1.66. The van der Waals surface area contributed by atoms with E-state index in [-0.39, 0.29) is 0 Å². The Morgan fingerprint density at radius 3 is 2.42 bits per heavy atom. The molecule has 1 heterocycles. The van der Waals surface area contributed by atoms with Crippen LogP contribution in [0.1, 0.15) is 16.7 Å². The molecule has 0 unspecified atom stereocenters. The van der Waals surface area contributed by atoms with E-state index in [0.717, 1.165) is 42.7 Å². The van der Waals surface area contributed by atoms with Crippen molar-refractivity contribution in [3.8, 4) is 11.5 Å². The normalized spacial score (nSPS) is 13.2. The van der Waals surface area contributed by atoms with Gasteiger partial charge < -0.3 is 19.7 Å². The van der Waals surface area contributed by atoms with Gasteiger partial charge in [0.2, 0.25) is 0 Å². The Hall–Kier alpha value is -2.27. The molecule has 4 nitrogen and oxygen atoms in total. The van der Waals surface area contributed by atoms with Crippen molar-refractivity contribution in [2.75, 3.05) is 20.8 Å². The first-order chi connectivity index (χ1) is 11.7. The van der Waals surface area contributed by atoms with Gasteiger partial charge in [-0.25, -0.2) is 0 Å². The predicted octanol–water partition coefficient (Wildman–Crippen LogP) is 3.14. The lowest BCUT2D eigenvalue weighted by Crippen LogP contribution is -2.42. The fraction of sp³-hybridized carbons (Fsp3) is 0.316. The molecule has 0 atom stereocenters. The van der Waals surface area contributed by atoms with Gasteiger partial charge in [0.1, 0.15) is 0 Å². The van der Waals surface area contributed by atoms with Crippen LogP contribution in [0.5, 0.6) is 11.5 Å². The Labute approximate surface area is 148 Å². The molecule has 2 aromatic carbocycles. The third kappa shape index (κ3) is 3.62. The Morgan fingerprint density at radius 1 is 1.08 bits per heavy atom. The third-order valence-corrected chi connectivity index (χ3v) is 4.69. The predicted molar refractivity (Wildman–Crippen MR) is 99.5 cm³/mol. The van der Waals surface area contributed by atoms with Gasteiger partial charge in [0.15, 0.2) is 16.6 Å². The zero-order valence-corrected chi connectivity index (χ0v) is 14.9. The van der Waals surface area contributed by atoms with Crippen LogP contribution in [0, 0.1) is 0 Å². The van der Waals surface area contributed by atoms with Crippen LogP contribution in [-0.4, -0.2) is 30.8 Å². The van der Waals surface area contributed by atoms with Gasteiger partial charge >= 0.3 is 0 Å². The van der Waals surface area contributed by atoms with E-state index < -0.39 is 0 Å². The summed E-state index contributed by atoms with van der Waals surface area (Å²) in [4.78, 5) is 2.20. The molecule has 0 saturated carbocycles. The number of fused-ring (bicyclic) bond motifs is 1. The second-order valence-electron chi connectivity index (χ2n) is 5.79. The van der Waals surface area contributed by atoms with Gasteiger partial charge in [-0.1, -0.05) is 30.3 Å². The molecule has 126 valence electrons. The summed E-state index contributed by atoms with van der Waals surface area (Å²) in [6, 6.07) is 14.4. The van der Waals surface area contributed by atoms with Crippen LogP contribution >= 0.6 is 12.2 Å². The second kappa shape index (κ2) is 7.53. The molecule has 0 saturated heterocycles. The molecule has 0 spiro atoms. The van der Waals surface area contributed by atoms with Crippen LogP contribution in [0.15, 0.2) is 42.5 Å². The van der Waals surface area contributed by atoms with Crippen molar-refractivity contribution >= 4 is 17.3 Å². The van der Waals surface area contributed by atoms with Crippen LogP contribution in [-0.2, 0) is 19.5 Å². The first-order valence-electron chi connectivity index (χ1n) is 8.01. The zero-order valence-electron chi connectivity index (χ0n) is 14.0. The highest BCUT2D eigenvalue weighted by Gasteiger charge is 2.20. The lowest BCUT2D eigenvalue weighted by molar-refractivity contribution is 0.347. The molecule has 1 aliphatic rings. The van der Waals surface area contributed by atoms with Gasteiger partial charge in [-0.05, 0) is 47.5 Å². The van der Waals surface area contributed by atoms with Crippen molar-refractivity contribution in [1.82, 2.24) is 10.2 Å². The van der Waals surface area contributed by atoms with E-state index in [4.69, 9.17) is 21.7 Å². The maximum absolute atomic E-state index is 5.57. The van der Waals surface area contributed by atoms with Crippen molar-refractivity contribution in [1.29, 1.82) is 0 Å². The Bertz CT molecular complexity index is 719. The van der Waals surface area contributed by atoms with Crippen LogP contribution < -0.4 is 14.8 Å². The largest absolute Gasteiger partial charge is 0.493 e. The van der Waals surface area contributed by atoms with Gasteiger partial charge in [-0.3, -0.25) is 0 Å². The molecule has 0 amide bonds. The molecular weight excluding hydrogens is 320 g/mol. The number of nitrogens with one attached hydrogen (secondary N) is 1. The lowest BCUT2D eigenvalue weighted by Gasteiger charge is -2.31. The summed E-state index contributed by atoms with van der Waals surface area (Å²) in [6.45, 7) is 2.44. The standard InChI is InChI=1S/C19H22N2O2S/c1-22-17-10-15-8-9-21(13-16(15)11-18(17)23-2)19(24)20-12-14-6-4-3-5-7-14/h3-7,10-11H,8-9,12-13H2,1-2H3,(H,20,24). The van der Waals surface area contributed by atoms with E-state index in [1.54, 1.807) is 14.2 Å². The van der Waals surface area contributed by atoms with Crippen molar-refractivity contribution < 1.29 is 9.47 Å². The number of ether oxygens (including phenoxy) is 2. The van der Waals surface area contributed by atoms with Crippen LogP contribution in [0.3, 0.4) is 0 Å². The quantitative estimate of drug-likeness (QED) is 0.864. The topological polar surface area (TPSA) is 33.7 Å². The Kier molecular flexibility index (Phi) is 5.20. The molecule has 0 fully saturated rings. The minimum atomic E-state index is 0.745. The number of hydrogen-bond donors (Lipinski definition) is 1. The molecule has 2 aromatic rings. The average molecular weight is 342 g/mol. The van der Waals surface area contributed by atoms with E-state index in [1.807, 2.05) is 18.2 Å². The van der Waals surface area contributed by atoms with Crippen LogP contribution in [0.2, 0.25) is 0 Å². The summed E-state index contributed by atoms with van der Waals surface area (Å²) in [5.41, 5.74) is 3.76. The number of thiocarbonyl (C=S) groups is 1. The molecule has 1 aliphatic heterocycles. The molecule has 1 N–H and O–H groups in total. The SMILES string of the molecule is COc1cc2c(cc1OC)CN(C(=S)NCc1ccccc1)CC2. The summed E-state index contributed by atoms with van der Waals surface area (Å²) < 4.78 is 10.8.